The van der Waals surface area contributed by atoms with Gasteiger partial charge in [-0.15, -0.1) is 11.3 Å². The Hall–Kier alpha value is -1.69. The highest BCUT2D eigenvalue weighted by molar-refractivity contribution is 7.09. The van der Waals surface area contributed by atoms with Crippen molar-refractivity contribution in [2.75, 3.05) is 0 Å². The Morgan fingerprint density at radius 2 is 2.14 bits per heavy atom. The van der Waals surface area contributed by atoms with E-state index in [1.807, 2.05) is 33.9 Å². The van der Waals surface area contributed by atoms with Crippen LogP contribution in [0.1, 0.15) is 32.6 Å². The molecule has 1 N–H and O–H groups in total. The lowest BCUT2D eigenvalue weighted by Gasteiger charge is -2.21. The molecular formula is C15H20FN3OS. The maximum absolute atomic E-state index is 13.7. The van der Waals surface area contributed by atoms with E-state index in [4.69, 9.17) is 0 Å². The van der Waals surface area contributed by atoms with Crippen LogP contribution >= 0.6 is 11.3 Å². The molecule has 6 heteroatoms. The highest BCUT2D eigenvalue weighted by atomic mass is 32.1. The molecule has 1 unspecified atom stereocenters. The van der Waals surface area contributed by atoms with Gasteiger partial charge in [-0.2, -0.15) is 4.99 Å². The average Bonchev–Trinajstić information content (AvgIpc) is 2.69. The zero-order chi connectivity index (χ0) is 15.8. The van der Waals surface area contributed by atoms with Gasteiger partial charge in [0.1, 0.15) is 0 Å². The Morgan fingerprint density at radius 1 is 1.48 bits per heavy atom. The number of dihydropyridines is 1. The highest BCUT2D eigenvalue weighted by Gasteiger charge is 2.22. The number of aromatic nitrogens is 1. The SMILES string of the molecule is Cc1cn(C2=CNC(C)(F)C=C2)c(=NC(=O)C(C)(C)C)s1. The summed E-state index contributed by atoms with van der Waals surface area (Å²) in [4.78, 5) is 17.9. The third-order valence-electron chi connectivity index (χ3n) is 2.96. The van der Waals surface area contributed by atoms with Crippen LogP contribution in [0.25, 0.3) is 5.70 Å². The Balaban J connectivity index is 2.44. The molecular weight excluding hydrogens is 289 g/mol. The summed E-state index contributed by atoms with van der Waals surface area (Å²) in [5.74, 6) is -1.73. The predicted molar refractivity (Wildman–Crippen MR) is 83.1 cm³/mol. The lowest BCUT2D eigenvalue weighted by atomic mass is 9.96. The summed E-state index contributed by atoms with van der Waals surface area (Å²) in [6.45, 7) is 8.88. The van der Waals surface area contributed by atoms with Crippen LogP contribution in [-0.2, 0) is 4.79 Å². The monoisotopic (exact) mass is 309 g/mol. The normalized spacial score (nSPS) is 23.0. The molecule has 0 aliphatic carbocycles. The fourth-order valence-corrected chi connectivity index (χ4v) is 2.51. The van der Waals surface area contributed by atoms with Gasteiger partial charge in [0.2, 0.25) is 0 Å². The van der Waals surface area contributed by atoms with Crippen LogP contribution in [0, 0.1) is 12.3 Å². The molecule has 0 bridgehead atoms. The standard InChI is InChI=1S/C15H20FN3OS/c1-10-9-19(11-6-7-15(5,16)17-8-11)13(21-10)18-12(20)14(2,3)4/h6-9,17H,1-5H3. The Morgan fingerprint density at radius 3 is 2.67 bits per heavy atom. The largest absolute Gasteiger partial charge is 0.355 e. The second kappa shape index (κ2) is 5.26. The summed E-state index contributed by atoms with van der Waals surface area (Å²) >= 11 is 1.43. The minimum absolute atomic E-state index is 0.179. The van der Waals surface area contributed by atoms with E-state index in [0.29, 0.717) is 4.80 Å². The number of allylic oxidation sites excluding steroid dienone is 2. The molecule has 0 saturated carbocycles. The zero-order valence-electron chi connectivity index (χ0n) is 12.9. The number of rotatable bonds is 1. The first-order valence-electron chi connectivity index (χ1n) is 6.73. The summed E-state index contributed by atoms with van der Waals surface area (Å²) in [7, 11) is 0. The van der Waals surface area contributed by atoms with Crippen molar-refractivity contribution in [3.63, 3.8) is 0 Å². The lowest BCUT2D eigenvalue weighted by Crippen LogP contribution is -2.34. The number of carbonyl (C=O) groups is 1. The van der Waals surface area contributed by atoms with E-state index in [0.717, 1.165) is 10.6 Å². The van der Waals surface area contributed by atoms with Crippen LogP contribution in [0.15, 0.2) is 29.5 Å². The highest BCUT2D eigenvalue weighted by Crippen LogP contribution is 2.19. The number of aryl methyl sites for hydroxylation is 1. The van der Waals surface area contributed by atoms with Crippen LogP contribution in [0.2, 0.25) is 0 Å². The van der Waals surface area contributed by atoms with Crippen molar-refractivity contribution >= 4 is 22.9 Å². The first-order chi connectivity index (χ1) is 9.58. The number of hydrogen-bond donors (Lipinski definition) is 1. The molecule has 114 valence electrons. The third kappa shape index (κ3) is 3.69. The maximum atomic E-state index is 13.7. The minimum atomic E-state index is -1.55. The van der Waals surface area contributed by atoms with Crippen molar-refractivity contribution in [3.05, 3.63) is 34.2 Å². The third-order valence-corrected chi connectivity index (χ3v) is 3.85. The van der Waals surface area contributed by atoms with E-state index in [1.165, 1.54) is 24.3 Å². The zero-order valence-corrected chi connectivity index (χ0v) is 13.7. The van der Waals surface area contributed by atoms with E-state index >= 15 is 0 Å². The molecule has 1 aliphatic rings. The maximum Gasteiger partial charge on any atom is 0.253 e. The van der Waals surface area contributed by atoms with Crippen LogP contribution < -0.4 is 10.1 Å². The van der Waals surface area contributed by atoms with Gasteiger partial charge in [0, 0.05) is 22.7 Å². The number of amides is 1. The van der Waals surface area contributed by atoms with Crippen molar-refractivity contribution in [1.29, 1.82) is 0 Å². The molecule has 1 aliphatic heterocycles. The molecule has 4 nitrogen and oxygen atoms in total. The molecule has 2 rings (SSSR count). The molecule has 1 atom stereocenters. The second-order valence-corrected chi connectivity index (χ2v) is 7.50. The van der Waals surface area contributed by atoms with Crippen molar-refractivity contribution in [2.45, 2.75) is 40.4 Å². The number of halogens is 1. The predicted octanol–water partition coefficient (Wildman–Crippen LogP) is 2.97. The molecule has 2 heterocycles. The Kier molecular flexibility index (Phi) is 3.93. The van der Waals surface area contributed by atoms with E-state index in [2.05, 4.69) is 10.3 Å². The first kappa shape index (κ1) is 15.7. The van der Waals surface area contributed by atoms with E-state index in [9.17, 15) is 9.18 Å². The van der Waals surface area contributed by atoms with Gasteiger partial charge in [0.25, 0.3) is 5.91 Å². The molecule has 21 heavy (non-hydrogen) atoms. The molecule has 0 saturated heterocycles. The van der Waals surface area contributed by atoms with E-state index in [1.54, 1.807) is 16.8 Å². The summed E-state index contributed by atoms with van der Waals surface area (Å²) in [6, 6.07) is 0. The molecule has 0 aromatic carbocycles. The number of nitrogens with one attached hydrogen (secondary N) is 1. The molecule has 1 amide bonds. The fraction of sp³-hybridized carbons (Fsp3) is 0.467. The minimum Gasteiger partial charge on any atom is -0.355 e. The number of nitrogens with zero attached hydrogens (tertiary/aromatic N) is 2. The average molecular weight is 309 g/mol. The van der Waals surface area contributed by atoms with Gasteiger partial charge >= 0.3 is 0 Å². The van der Waals surface area contributed by atoms with Gasteiger partial charge in [-0.1, -0.05) is 20.8 Å². The quantitative estimate of drug-likeness (QED) is 0.811. The Bertz CT molecular complexity index is 687. The molecule has 1 aromatic heterocycles. The second-order valence-electron chi connectivity index (χ2n) is 6.28. The number of carbonyl (C=O) groups excluding carboxylic acids is 1. The van der Waals surface area contributed by atoms with E-state index in [-0.39, 0.29) is 5.91 Å². The topological polar surface area (TPSA) is 46.4 Å². The van der Waals surface area contributed by atoms with Crippen LogP contribution in [-0.4, -0.2) is 16.3 Å². The van der Waals surface area contributed by atoms with E-state index < -0.39 is 11.2 Å². The summed E-state index contributed by atoms with van der Waals surface area (Å²) in [5.41, 5.74) is 0.220. The van der Waals surface area contributed by atoms with Gasteiger partial charge in [0.15, 0.2) is 10.6 Å². The van der Waals surface area contributed by atoms with Gasteiger partial charge in [-0.25, -0.2) is 4.39 Å². The smallest absolute Gasteiger partial charge is 0.253 e. The fourth-order valence-electron chi connectivity index (χ4n) is 1.68. The first-order valence-corrected chi connectivity index (χ1v) is 7.55. The van der Waals surface area contributed by atoms with Gasteiger partial charge in [-0.3, -0.25) is 9.36 Å². The van der Waals surface area contributed by atoms with Gasteiger partial charge < -0.3 is 5.32 Å². The molecule has 0 spiro atoms. The molecule has 0 radical (unpaired) electrons. The van der Waals surface area contributed by atoms with Crippen LogP contribution in [0.5, 0.6) is 0 Å². The summed E-state index contributed by atoms with van der Waals surface area (Å²) in [6.07, 6.45) is 6.60. The number of hydrogen-bond acceptors (Lipinski definition) is 3. The van der Waals surface area contributed by atoms with Crippen molar-refractivity contribution in [2.24, 2.45) is 10.4 Å². The van der Waals surface area contributed by atoms with Crippen molar-refractivity contribution in [3.8, 4) is 0 Å². The van der Waals surface area contributed by atoms with Crippen LogP contribution in [0.4, 0.5) is 4.39 Å². The summed E-state index contributed by atoms with van der Waals surface area (Å²) in [5, 5.41) is 2.67. The summed E-state index contributed by atoms with van der Waals surface area (Å²) < 4.78 is 15.5. The lowest BCUT2D eigenvalue weighted by molar-refractivity contribution is -0.125. The number of alkyl halides is 1. The van der Waals surface area contributed by atoms with Crippen molar-refractivity contribution < 1.29 is 9.18 Å². The molecule has 1 aromatic rings. The molecule has 0 fully saturated rings. The Labute approximate surface area is 127 Å². The van der Waals surface area contributed by atoms with Crippen LogP contribution in [0.3, 0.4) is 0 Å². The van der Waals surface area contributed by atoms with Gasteiger partial charge in [0.05, 0.1) is 5.70 Å². The van der Waals surface area contributed by atoms with Crippen molar-refractivity contribution in [1.82, 2.24) is 9.88 Å². The van der Waals surface area contributed by atoms with Gasteiger partial charge in [-0.05, 0) is 26.0 Å². The number of thiazole rings is 1.